The van der Waals surface area contributed by atoms with E-state index in [1.807, 2.05) is 56.3 Å². The van der Waals surface area contributed by atoms with Gasteiger partial charge in [0.15, 0.2) is 0 Å². The predicted octanol–water partition coefficient (Wildman–Crippen LogP) is 3.66. The average Bonchev–Trinajstić information content (AvgIpc) is 2.35. The Kier molecular flexibility index (Phi) is 3.58. The first-order valence-electron chi connectivity index (χ1n) is 5.56. The highest BCUT2D eigenvalue weighted by atomic mass is 32.2. The van der Waals surface area contributed by atoms with Crippen molar-refractivity contribution in [2.45, 2.75) is 13.8 Å². The van der Waals surface area contributed by atoms with Crippen LogP contribution in [-0.4, -0.2) is 8.42 Å². The van der Waals surface area contributed by atoms with Crippen molar-refractivity contribution in [3.63, 3.8) is 0 Å². The van der Waals surface area contributed by atoms with Gasteiger partial charge in [0.05, 0.1) is 5.69 Å². The van der Waals surface area contributed by atoms with Crippen LogP contribution in [0.1, 0.15) is 11.1 Å². The molecule has 0 unspecified atom stereocenters. The number of benzene rings is 2. The molecule has 0 saturated carbocycles. The first kappa shape index (κ1) is 12.5. The Hall–Kier alpha value is -1.94. The minimum Gasteiger partial charge on any atom is -0.163 e. The van der Waals surface area contributed by atoms with Gasteiger partial charge in [-0.1, -0.05) is 42.5 Å². The van der Waals surface area contributed by atoms with E-state index in [2.05, 4.69) is 4.36 Å². The number of hydrogen-bond donors (Lipinski definition) is 0. The fraction of sp³-hybridized carbons (Fsp3) is 0.143. The lowest BCUT2D eigenvalue weighted by Crippen LogP contribution is -1.86. The van der Waals surface area contributed by atoms with Crippen molar-refractivity contribution in [3.8, 4) is 11.1 Å². The molecule has 2 aromatic carbocycles. The molecule has 0 fully saturated rings. The van der Waals surface area contributed by atoms with E-state index in [0.29, 0.717) is 5.69 Å². The van der Waals surface area contributed by atoms with Crippen molar-refractivity contribution >= 4 is 16.2 Å². The molecule has 0 heterocycles. The monoisotopic (exact) mass is 259 g/mol. The molecule has 0 radical (unpaired) electrons. The molecule has 18 heavy (non-hydrogen) atoms. The molecular formula is C14H13NO2S. The molecule has 0 saturated heterocycles. The van der Waals surface area contributed by atoms with Gasteiger partial charge in [-0.15, -0.1) is 4.36 Å². The van der Waals surface area contributed by atoms with E-state index in [1.165, 1.54) is 0 Å². The van der Waals surface area contributed by atoms with Crippen LogP contribution >= 0.6 is 0 Å². The van der Waals surface area contributed by atoms with E-state index >= 15 is 0 Å². The van der Waals surface area contributed by atoms with Gasteiger partial charge < -0.3 is 0 Å². The van der Waals surface area contributed by atoms with Crippen molar-refractivity contribution < 1.29 is 8.42 Å². The minimum absolute atomic E-state index is 0.532. The fourth-order valence-corrected chi connectivity index (χ4v) is 2.41. The van der Waals surface area contributed by atoms with Crippen molar-refractivity contribution in [2.75, 3.05) is 0 Å². The van der Waals surface area contributed by atoms with Crippen LogP contribution in [0, 0.1) is 13.8 Å². The van der Waals surface area contributed by atoms with E-state index in [0.717, 1.165) is 22.3 Å². The fourth-order valence-electron chi connectivity index (χ4n) is 1.98. The third-order valence-electron chi connectivity index (χ3n) is 2.88. The van der Waals surface area contributed by atoms with Crippen LogP contribution < -0.4 is 0 Å². The summed E-state index contributed by atoms with van der Waals surface area (Å²) in [6, 6.07) is 13.7. The Labute approximate surface area is 108 Å². The third kappa shape index (κ3) is 2.49. The van der Waals surface area contributed by atoms with Gasteiger partial charge in [0.1, 0.15) is 0 Å². The molecule has 0 atom stereocenters. The average molecular weight is 259 g/mol. The largest absolute Gasteiger partial charge is 0.316 e. The molecule has 0 aliphatic heterocycles. The molecule has 2 aromatic rings. The summed E-state index contributed by atoms with van der Waals surface area (Å²) in [5.74, 6) is 0. The molecule has 4 heteroatoms. The van der Waals surface area contributed by atoms with E-state index in [9.17, 15) is 8.42 Å². The van der Waals surface area contributed by atoms with E-state index < -0.39 is 10.5 Å². The lowest BCUT2D eigenvalue weighted by molar-refractivity contribution is 0.622. The summed E-state index contributed by atoms with van der Waals surface area (Å²) in [6.45, 7) is 3.74. The van der Waals surface area contributed by atoms with Crippen LogP contribution in [0.25, 0.3) is 11.1 Å². The van der Waals surface area contributed by atoms with Gasteiger partial charge in [-0.05, 0) is 36.1 Å². The summed E-state index contributed by atoms with van der Waals surface area (Å²) in [7, 11) is -2.43. The molecule has 3 nitrogen and oxygen atoms in total. The number of rotatable bonds is 2. The second-order valence-corrected chi connectivity index (χ2v) is 4.69. The maximum Gasteiger partial charge on any atom is 0.316 e. The quantitative estimate of drug-likeness (QED) is 0.826. The zero-order chi connectivity index (χ0) is 13.1. The third-order valence-corrected chi connectivity index (χ3v) is 3.21. The van der Waals surface area contributed by atoms with Gasteiger partial charge in [0.25, 0.3) is 0 Å². The van der Waals surface area contributed by atoms with Crippen LogP contribution in [0.5, 0.6) is 0 Å². The van der Waals surface area contributed by atoms with Gasteiger partial charge in [0.2, 0.25) is 0 Å². The molecule has 0 aliphatic rings. The maximum atomic E-state index is 10.8. The first-order chi connectivity index (χ1) is 8.59. The lowest BCUT2D eigenvalue weighted by Gasteiger charge is -2.10. The number of hydrogen-bond acceptors (Lipinski definition) is 3. The summed E-state index contributed by atoms with van der Waals surface area (Å²) < 4.78 is 25.2. The highest BCUT2D eigenvalue weighted by molar-refractivity contribution is 7.61. The number of nitrogens with zero attached hydrogens (tertiary/aromatic N) is 1. The molecule has 0 aromatic heterocycles. The number of aryl methyl sites for hydroxylation is 1. The van der Waals surface area contributed by atoms with Crippen LogP contribution in [0.4, 0.5) is 5.69 Å². The van der Waals surface area contributed by atoms with Gasteiger partial charge in [-0.2, -0.15) is 8.42 Å². The summed E-state index contributed by atoms with van der Waals surface area (Å²) in [5, 5.41) is 0. The highest BCUT2D eigenvalue weighted by Gasteiger charge is 2.08. The van der Waals surface area contributed by atoms with Crippen molar-refractivity contribution in [3.05, 3.63) is 53.6 Å². The first-order valence-corrected chi connectivity index (χ1v) is 6.59. The molecule has 92 valence electrons. The maximum absolute atomic E-state index is 10.8. The van der Waals surface area contributed by atoms with Crippen molar-refractivity contribution in [1.82, 2.24) is 0 Å². The minimum atomic E-state index is -2.43. The predicted molar refractivity (Wildman–Crippen MR) is 72.4 cm³/mol. The highest BCUT2D eigenvalue weighted by Crippen LogP contribution is 2.32. The molecule has 2 rings (SSSR count). The van der Waals surface area contributed by atoms with Crippen LogP contribution in [0.15, 0.2) is 46.8 Å². The second-order valence-electron chi connectivity index (χ2n) is 4.08. The molecule has 0 amide bonds. The molecule has 0 bridgehead atoms. The SMILES string of the molecule is Cc1ccc(-c2ccccc2)c(C)c1N=S(=O)=O. The summed E-state index contributed by atoms with van der Waals surface area (Å²) >= 11 is 0. The van der Waals surface area contributed by atoms with Crippen LogP contribution in [-0.2, 0) is 10.5 Å². The van der Waals surface area contributed by atoms with Crippen LogP contribution in [0.2, 0.25) is 0 Å². The zero-order valence-corrected chi connectivity index (χ0v) is 11.0. The summed E-state index contributed by atoms with van der Waals surface area (Å²) in [4.78, 5) is 0. The van der Waals surface area contributed by atoms with Crippen molar-refractivity contribution in [1.29, 1.82) is 0 Å². The van der Waals surface area contributed by atoms with Gasteiger partial charge in [-0.3, -0.25) is 0 Å². The van der Waals surface area contributed by atoms with E-state index in [1.54, 1.807) is 0 Å². The second kappa shape index (κ2) is 5.14. The van der Waals surface area contributed by atoms with E-state index in [-0.39, 0.29) is 0 Å². The molecular weight excluding hydrogens is 246 g/mol. The zero-order valence-electron chi connectivity index (χ0n) is 10.2. The van der Waals surface area contributed by atoms with Gasteiger partial charge in [-0.25, -0.2) is 0 Å². The standard InChI is InChI=1S/C14H13NO2S/c1-10-8-9-13(12-6-4-3-5-7-12)11(2)14(10)15-18(16)17/h3-9H,1-2H3. The Bertz CT molecular complexity index is 696. The lowest BCUT2D eigenvalue weighted by atomic mass is 9.97. The Morgan fingerprint density at radius 2 is 1.61 bits per heavy atom. The Morgan fingerprint density at radius 3 is 2.22 bits per heavy atom. The molecule has 0 spiro atoms. The van der Waals surface area contributed by atoms with Gasteiger partial charge >= 0.3 is 10.5 Å². The van der Waals surface area contributed by atoms with E-state index in [4.69, 9.17) is 0 Å². The molecule has 0 N–H and O–H groups in total. The van der Waals surface area contributed by atoms with Gasteiger partial charge in [0, 0.05) is 0 Å². The topological polar surface area (TPSA) is 46.5 Å². The Morgan fingerprint density at radius 1 is 0.944 bits per heavy atom. The smallest absolute Gasteiger partial charge is 0.163 e. The summed E-state index contributed by atoms with van der Waals surface area (Å²) in [5.41, 5.74) is 4.33. The Balaban J connectivity index is 2.69. The van der Waals surface area contributed by atoms with Crippen molar-refractivity contribution in [2.24, 2.45) is 4.36 Å². The van der Waals surface area contributed by atoms with Crippen LogP contribution in [0.3, 0.4) is 0 Å². The summed E-state index contributed by atoms with van der Waals surface area (Å²) in [6.07, 6.45) is 0. The molecule has 0 aliphatic carbocycles. The normalized spacial score (nSPS) is 10.1.